The summed E-state index contributed by atoms with van der Waals surface area (Å²) in [7, 11) is 0. The van der Waals surface area contributed by atoms with Crippen LogP contribution in [0.5, 0.6) is 5.75 Å². The fourth-order valence-corrected chi connectivity index (χ4v) is 2.74. The van der Waals surface area contributed by atoms with E-state index in [0.717, 1.165) is 11.5 Å². The molecule has 3 aromatic rings. The molecule has 0 bridgehead atoms. The van der Waals surface area contributed by atoms with Crippen LogP contribution in [0.4, 0.5) is 11.4 Å². The second kappa shape index (κ2) is 7.93. The number of nitro groups is 1. The number of rotatable bonds is 5. The van der Waals surface area contributed by atoms with Gasteiger partial charge in [-0.2, -0.15) is 0 Å². The van der Waals surface area contributed by atoms with Gasteiger partial charge in [-0.15, -0.1) is 0 Å². The van der Waals surface area contributed by atoms with Gasteiger partial charge in [-0.1, -0.05) is 41.9 Å². The van der Waals surface area contributed by atoms with Gasteiger partial charge in [-0.05, 0) is 23.6 Å². The highest BCUT2D eigenvalue weighted by Crippen LogP contribution is 2.29. The van der Waals surface area contributed by atoms with Crippen LogP contribution < -0.4 is 5.32 Å². The maximum atomic E-state index is 12.2. The number of amides is 1. The van der Waals surface area contributed by atoms with Crippen molar-refractivity contribution in [1.29, 1.82) is 0 Å². The first kappa shape index (κ1) is 19.1. The molecule has 28 heavy (non-hydrogen) atoms. The molecule has 0 heterocycles. The van der Waals surface area contributed by atoms with Crippen LogP contribution in [0.3, 0.4) is 0 Å². The van der Waals surface area contributed by atoms with Gasteiger partial charge in [0.05, 0.1) is 4.92 Å². The molecule has 9 heteroatoms. The van der Waals surface area contributed by atoms with Gasteiger partial charge >= 0.3 is 5.97 Å². The van der Waals surface area contributed by atoms with E-state index in [2.05, 4.69) is 5.32 Å². The number of esters is 1. The SMILES string of the molecule is O=C(COC(=O)c1ccc2ccccc2c1O)Nc1ccc(Cl)c([N+](=O)[O-])c1. The lowest BCUT2D eigenvalue weighted by atomic mass is 10.1. The van der Waals surface area contributed by atoms with Crippen LogP contribution >= 0.6 is 11.6 Å². The summed E-state index contributed by atoms with van der Waals surface area (Å²) in [5.41, 5.74) is -0.308. The summed E-state index contributed by atoms with van der Waals surface area (Å²) >= 11 is 5.71. The van der Waals surface area contributed by atoms with Crippen molar-refractivity contribution in [3.63, 3.8) is 0 Å². The van der Waals surface area contributed by atoms with E-state index in [1.165, 1.54) is 18.2 Å². The number of phenolic OH excluding ortho intramolecular Hbond substituents is 1. The molecular formula is C19H13ClN2O6. The Morgan fingerprint density at radius 3 is 2.64 bits per heavy atom. The third kappa shape index (κ3) is 4.02. The number of halogens is 1. The zero-order chi connectivity index (χ0) is 20.3. The van der Waals surface area contributed by atoms with Crippen molar-refractivity contribution in [2.24, 2.45) is 0 Å². The van der Waals surface area contributed by atoms with Crippen LogP contribution in [0.15, 0.2) is 54.6 Å². The minimum atomic E-state index is -0.875. The number of fused-ring (bicyclic) bond motifs is 1. The van der Waals surface area contributed by atoms with Gasteiger partial charge in [0.25, 0.3) is 11.6 Å². The average molecular weight is 401 g/mol. The number of nitrogens with one attached hydrogen (secondary N) is 1. The lowest BCUT2D eigenvalue weighted by Crippen LogP contribution is -2.21. The van der Waals surface area contributed by atoms with Gasteiger partial charge < -0.3 is 15.2 Å². The van der Waals surface area contributed by atoms with Crippen molar-refractivity contribution in [1.82, 2.24) is 0 Å². The highest BCUT2D eigenvalue weighted by molar-refractivity contribution is 6.32. The van der Waals surface area contributed by atoms with Gasteiger partial charge in [0.1, 0.15) is 16.3 Å². The lowest BCUT2D eigenvalue weighted by molar-refractivity contribution is -0.384. The first-order valence-corrected chi connectivity index (χ1v) is 8.36. The van der Waals surface area contributed by atoms with Crippen LogP contribution in [0, 0.1) is 10.1 Å². The zero-order valence-electron chi connectivity index (χ0n) is 14.2. The number of carbonyl (C=O) groups is 2. The largest absolute Gasteiger partial charge is 0.506 e. The summed E-state index contributed by atoms with van der Waals surface area (Å²) in [6.45, 7) is -0.637. The first-order valence-electron chi connectivity index (χ1n) is 7.98. The number of nitro benzene ring substituents is 1. The Kier molecular flexibility index (Phi) is 5.42. The normalized spacial score (nSPS) is 10.5. The van der Waals surface area contributed by atoms with Crippen molar-refractivity contribution in [2.45, 2.75) is 0 Å². The highest BCUT2D eigenvalue weighted by Gasteiger charge is 2.18. The second-order valence-electron chi connectivity index (χ2n) is 5.73. The van der Waals surface area contributed by atoms with Crippen molar-refractivity contribution < 1.29 is 24.4 Å². The van der Waals surface area contributed by atoms with Crippen molar-refractivity contribution in [3.05, 3.63) is 75.3 Å². The van der Waals surface area contributed by atoms with E-state index in [4.69, 9.17) is 16.3 Å². The summed E-state index contributed by atoms with van der Waals surface area (Å²) in [4.78, 5) is 34.3. The van der Waals surface area contributed by atoms with Crippen molar-refractivity contribution in [2.75, 3.05) is 11.9 Å². The third-order valence-electron chi connectivity index (χ3n) is 3.88. The summed E-state index contributed by atoms with van der Waals surface area (Å²) in [6.07, 6.45) is 0. The Balaban J connectivity index is 1.66. The molecule has 0 spiro atoms. The standard InChI is InChI=1S/C19H13ClN2O6/c20-15-8-6-12(9-16(15)22(26)27)21-17(23)10-28-19(25)14-7-5-11-3-1-2-4-13(11)18(14)24/h1-9,24H,10H2,(H,21,23). The maximum absolute atomic E-state index is 12.2. The number of hydrogen-bond acceptors (Lipinski definition) is 6. The Morgan fingerprint density at radius 1 is 1.14 bits per heavy atom. The maximum Gasteiger partial charge on any atom is 0.342 e. The molecule has 0 radical (unpaired) electrons. The van der Waals surface area contributed by atoms with Crippen molar-refractivity contribution in [3.8, 4) is 5.75 Å². The molecule has 0 saturated heterocycles. The van der Waals surface area contributed by atoms with Crippen molar-refractivity contribution >= 4 is 45.6 Å². The van der Waals surface area contributed by atoms with E-state index in [1.54, 1.807) is 30.3 Å². The van der Waals surface area contributed by atoms with Gasteiger partial charge in [-0.3, -0.25) is 14.9 Å². The minimum Gasteiger partial charge on any atom is -0.506 e. The van der Waals surface area contributed by atoms with Crippen LogP contribution in [-0.4, -0.2) is 28.5 Å². The summed E-state index contributed by atoms with van der Waals surface area (Å²) < 4.78 is 4.92. The molecule has 8 nitrogen and oxygen atoms in total. The fourth-order valence-electron chi connectivity index (χ4n) is 2.56. The van der Waals surface area contributed by atoms with E-state index >= 15 is 0 Å². The van der Waals surface area contributed by atoms with E-state index in [0.29, 0.717) is 5.39 Å². The van der Waals surface area contributed by atoms with E-state index in [1.807, 2.05) is 0 Å². The molecular weight excluding hydrogens is 388 g/mol. The molecule has 0 aromatic heterocycles. The predicted molar refractivity (Wildman–Crippen MR) is 103 cm³/mol. The molecule has 3 rings (SSSR count). The summed E-state index contributed by atoms with van der Waals surface area (Å²) in [5, 5.41) is 24.7. The summed E-state index contributed by atoms with van der Waals surface area (Å²) in [6, 6.07) is 13.8. The number of aromatic hydroxyl groups is 1. The average Bonchev–Trinajstić information content (AvgIpc) is 2.68. The van der Waals surface area contributed by atoms with Gasteiger partial charge in [0.15, 0.2) is 6.61 Å². The Labute approximate surface area is 163 Å². The monoisotopic (exact) mass is 400 g/mol. The van der Waals surface area contributed by atoms with Gasteiger partial charge in [-0.25, -0.2) is 4.79 Å². The van der Waals surface area contributed by atoms with E-state index in [-0.39, 0.29) is 27.7 Å². The molecule has 0 saturated carbocycles. The quantitative estimate of drug-likeness (QED) is 0.381. The van der Waals surface area contributed by atoms with Crippen LogP contribution in [0.2, 0.25) is 5.02 Å². The molecule has 142 valence electrons. The lowest BCUT2D eigenvalue weighted by Gasteiger charge is -2.09. The number of anilines is 1. The predicted octanol–water partition coefficient (Wildman–Crippen LogP) is 3.90. The Hall–Kier alpha value is -3.65. The molecule has 2 N–H and O–H groups in total. The first-order chi connectivity index (χ1) is 13.4. The highest BCUT2D eigenvalue weighted by atomic mass is 35.5. The molecule has 0 atom stereocenters. The molecule has 3 aromatic carbocycles. The van der Waals surface area contributed by atoms with Crippen LogP contribution in [-0.2, 0) is 9.53 Å². The van der Waals surface area contributed by atoms with Gasteiger partial charge in [0, 0.05) is 17.1 Å². The number of carbonyl (C=O) groups excluding carboxylic acids is 2. The number of nitrogens with zero attached hydrogens (tertiary/aromatic N) is 1. The Bertz CT molecular complexity index is 1100. The molecule has 0 aliphatic heterocycles. The van der Waals surface area contributed by atoms with Gasteiger partial charge in [0.2, 0.25) is 0 Å². The number of phenols is 1. The fraction of sp³-hybridized carbons (Fsp3) is 0.0526. The van der Waals surface area contributed by atoms with E-state index in [9.17, 15) is 24.8 Å². The third-order valence-corrected chi connectivity index (χ3v) is 4.20. The number of benzene rings is 3. The summed E-state index contributed by atoms with van der Waals surface area (Å²) in [5.74, 6) is -1.82. The molecule has 0 aliphatic carbocycles. The molecule has 0 aliphatic rings. The molecule has 0 unspecified atom stereocenters. The number of ether oxygens (including phenoxy) is 1. The van der Waals surface area contributed by atoms with Crippen LogP contribution in [0.1, 0.15) is 10.4 Å². The van der Waals surface area contributed by atoms with E-state index < -0.39 is 23.4 Å². The smallest absolute Gasteiger partial charge is 0.342 e. The topological polar surface area (TPSA) is 119 Å². The number of hydrogen-bond donors (Lipinski definition) is 2. The molecule has 0 fully saturated rings. The second-order valence-corrected chi connectivity index (χ2v) is 6.14. The zero-order valence-corrected chi connectivity index (χ0v) is 15.0. The minimum absolute atomic E-state index is 0.0683. The molecule has 1 amide bonds. The van der Waals surface area contributed by atoms with Crippen LogP contribution in [0.25, 0.3) is 10.8 Å². The Morgan fingerprint density at radius 2 is 1.89 bits per heavy atom.